The Morgan fingerprint density at radius 2 is 2.05 bits per heavy atom. The Balaban J connectivity index is 0.00000147. The van der Waals surface area contributed by atoms with Gasteiger partial charge in [0.15, 0.2) is 0 Å². The van der Waals surface area contributed by atoms with Gasteiger partial charge in [0.1, 0.15) is 5.69 Å². The summed E-state index contributed by atoms with van der Waals surface area (Å²) < 4.78 is 1.82. The lowest BCUT2D eigenvalue weighted by molar-refractivity contribution is 0.0699. The maximum atomic E-state index is 12.2. The van der Waals surface area contributed by atoms with E-state index in [-0.39, 0.29) is 18.3 Å². The van der Waals surface area contributed by atoms with Crippen molar-refractivity contribution in [2.45, 2.75) is 31.7 Å². The van der Waals surface area contributed by atoms with E-state index in [1.165, 1.54) is 19.4 Å². The summed E-state index contributed by atoms with van der Waals surface area (Å²) in [6.45, 7) is 2.86. The fraction of sp³-hybridized carbons (Fsp3) is 0.714. The van der Waals surface area contributed by atoms with Gasteiger partial charge in [-0.05, 0) is 38.1 Å². The summed E-state index contributed by atoms with van der Waals surface area (Å²) in [7, 11) is 1.89. The third kappa shape index (κ3) is 3.73. The van der Waals surface area contributed by atoms with Crippen LogP contribution in [0.2, 0.25) is 0 Å². The molecule has 1 aromatic rings. The van der Waals surface area contributed by atoms with Gasteiger partial charge >= 0.3 is 0 Å². The van der Waals surface area contributed by atoms with Crippen LogP contribution in [-0.4, -0.2) is 46.0 Å². The highest BCUT2D eigenvalue weighted by Crippen LogP contribution is 2.28. The van der Waals surface area contributed by atoms with Crippen LogP contribution in [0.15, 0.2) is 12.5 Å². The summed E-state index contributed by atoms with van der Waals surface area (Å²) in [5, 5.41) is 3.63. The first-order valence-electron chi connectivity index (χ1n) is 7.23. The van der Waals surface area contributed by atoms with Crippen LogP contribution in [0.3, 0.4) is 0 Å². The van der Waals surface area contributed by atoms with E-state index in [0.29, 0.717) is 11.7 Å². The number of hydrogen-bond donors (Lipinski definition) is 1. The Morgan fingerprint density at radius 3 is 2.60 bits per heavy atom. The quantitative estimate of drug-likeness (QED) is 0.915. The summed E-state index contributed by atoms with van der Waals surface area (Å²) in [6, 6.07) is 0.591. The summed E-state index contributed by atoms with van der Waals surface area (Å²) >= 11 is 0. The average Bonchev–Trinajstić information content (AvgIpc) is 3.17. The number of aromatic nitrogens is 2. The normalized spacial score (nSPS) is 19.8. The zero-order chi connectivity index (χ0) is 13.2. The number of nitrogens with one attached hydrogen (secondary N) is 1. The molecule has 6 heteroatoms. The highest BCUT2D eigenvalue weighted by atomic mass is 35.5. The molecule has 1 aromatic heterocycles. The van der Waals surface area contributed by atoms with E-state index in [4.69, 9.17) is 0 Å². The largest absolute Gasteiger partial charge is 0.340 e. The average molecular weight is 299 g/mol. The number of likely N-dealkylation sites (tertiary alicyclic amines) is 1. The zero-order valence-electron chi connectivity index (χ0n) is 11.9. The number of carbonyl (C=O) groups excluding carboxylic acids is 1. The fourth-order valence-electron chi connectivity index (χ4n) is 2.63. The molecule has 5 nitrogen and oxygen atoms in total. The molecule has 0 unspecified atom stereocenters. The van der Waals surface area contributed by atoms with Crippen molar-refractivity contribution in [2.24, 2.45) is 13.0 Å². The van der Waals surface area contributed by atoms with Crippen molar-refractivity contribution in [3.63, 3.8) is 0 Å². The molecule has 0 atom stereocenters. The van der Waals surface area contributed by atoms with Gasteiger partial charge in [-0.2, -0.15) is 0 Å². The molecule has 112 valence electrons. The Bertz CT molecular complexity index is 450. The van der Waals surface area contributed by atoms with Crippen LogP contribution in [0.4, 0.5) is 0 Å². The molecule has 1 saturated heterocycles. The van der Waals surface area contributed by atoms with Gasteiger partial charge in [0, 0.05) is 32.4 Å². The van der Waals surface area contributed by atoms with Crippen molar-refractivity contribution in [2.75, 3.05) is 19.6 Å². The predicted octanol–water partition coefficient (Wildman–Crippen LogP) is 1.45. The summed E-state index contributed by atoms with van der Waals surface area (Å²) in [6.07, 6.45) is 8.38. The number of carbonyl (C=O) groups is 1. The number of aryl methyl sites for hydroxylation is 1. The van der Waals surface area contributed by atoms with E-state index in [0.717, 1.165) is 31.8 Å². The van der Waals surface area contributed by atoms with Gasteiger partial charge in [0.25, 0.3) is 5.91 Å². The summed E-state index contributed by atoms with van der Waals surface area (Å²) in [5.74, 6) is 0.995. The van der Waals surface area contributed by atoms with E-state index >= 15 is 0 Å². The molecule has 20 heavy (non-hydrogen) atoms. The first-order valence-corrected chi connectivity index (χ1v) is 7.23. The van der Waals surface area contributed by atoms with Crippen LogP contribution in [0.1, 0.15) is 36.2 Å². The first kappa shape index (κ1) is 15.3. The number of imidazole rings is 1. The minimum Gasteiger partial charge on any atom is -0.340 e. The Morgan fingerprint density at radius 1 is 1.35 bits per heavy atom. The number of amides is 1. The highest BCUT2D eigenvalue weighted by Gasteiger charge is 2.26. The van der Waals surface area contributed by atoms with Gasteiger partial charge in [-0.25, -0.2) is 4.98 Å². The summed E-state index contributed by atoms with van der Waals surface area (Å²) in [5.41, 5.74) is 0.562. The summed E-state index contributed by atoms with van der Waals surface area (Å²) in [4.78, 5) is 18.3. The molecule has 2 fully saturated rings. The lowest BCUT2D eigenvalue weighted by Gasteiger charge is -2.32. The van der Waals surface area contributed by atoms with Crippen molar-refractivity contribution >= 4 is 18.3 Å². The minimum absolute atomic E-state index is 0. The molecule has 0 radical (unpaired) electrons. The van der Waals surface area contributed by atoms with Gasteiger partial charge in [0.05, 0.1) is 6.33 Å². The standard InChI is InChI=1S/C14H22N4O.ClH/c1-17-9-13(16-10-17)14(19)18-6-4-12(5-7-18)15-8-11-2-3-11;/h9-12,15H,2-8H2,1H3;1H. The molecule has 0 spiro atoms. The number of rotatable bonds is 4. The molecule has 1 saturated carbocycles. The Kier molecular flexibility index (Phi) is 5.05. The van der Waals surface area contributed by atoms with Gasteiger partial charge in [0.2, 0.25) is 0 Å². The maximum Gasteiger partial charge on any atom is 0.274 e. The molecule has 2 aliphatic rings. The predicted molar refractivity (Wildman–Crippen MR) is 80.1 cm³/mol. The second-order valence-electron chi connectivity index (χ2n) is 5.84. The SMILES string of the molecule is Cl.Cn1cnc(C(=O)N2CCC(NCC3CC3)CC2)c1. The molecular weight excluding hydrogens is 276 g/mol. The monoisotopic (exact) mass is 298 g/mol. The first-order chi connectivity index (χ1) is 9.22. The van der Waals surface area contributed by atoms with Gasteiger partial charge in [-0.1, -0.05) is 0 Å². The lowest BCUT2D eigenvalue weighted by atomic mass is 10.0. The lowest BCUT2D eigenvalue weighted by Crippen LogP contribution is -2.45. The van der Waals surface area contributed by atoms with Crippen LogP contribution in [0.25, 0.3) is 0 Å². The van der Waals surface area contributed by atoms with Crippen molar-refractivity contribution < 1.29 is 4.79 Å². The zero-order valence-corrected chi connectivity index (χ0v) is 12.7. The number of halogens is 1. The smallest absolute Gasteiger partial charge is 0.274 e. The van der Waals surface area contributed by atoms with Crippen molar-refractivity contribution in [3.8, 4) is 0 Å². The molecule has 1 aliphatic heterocycles. The number of piperidine rings is 1. The third-order valence-electron chi connectivity index (χ3n) is 4.10. The van der Waals surface area contributed by atoms with E-state index in [1.807, 2.05) is 16.5 Å². The number of hydrogen-bond acceptors (Lipinski definition) is 3. The molecule has 2 heterocycles. The molecular formula is C14H23ClN4O. The van der Waals surface area contributed by atoms with Crippen LogP contribution in [0.5, 0.6) is 0 Å². The van der Waals surface area contributed by atoms with Crippen molar-refractivity contribution in [1.29, 1.82) is 0 Å². The molecule has 0 aromatic carbocycles. The topological polar surface area (TPSA) is 50.2 Å². The Hall–Kier alpha value is -1.07. The minimum atomic E-state index is 0. The molecule has 1 N–H and O–H groups in total. The fourth-order valence-corrected chi connectivity index (χ4v) is 2.63. The van der Waals surface area contributed by atoms with E-state index in [2.05, 4.69) is 10.3 Å². The van der Waals surface area contributed by atoms with E-state index in [1.54, 1.807) is 12.5 Å². The van der Waals surface area contributed by atoms with Gasteiger partial charge < -0.3 is 14.8 Å². The van der Waals surface area contributed by atoms with Crippen LogP contribution in [-0.2, 0) is 7.05 Å². The highest BCUT2D eigenvalue weighted by molar-refractivity contribution is 5.92. The molecule has 1 aliphatic carbocycles. The molecule has 1 amide bonds. The molecule has 3 rings (SSSR count). The van der Waals surface area contributed by atoms with Gasteiger partial charge in [-0.3, -0.25) is 4.79 Å². The van der Waals surface area contributed by atoms with Crippen LogP contribution < -0.4 is 5.32 Å². The number of nitrogens with zero attached hydrogens (tertiary/aromatic N) is 3. The van der Waals surface area contributed by atoms with E-state index in [9.17, 15) is 4.79 Å². The second kappa shape index (κ2) is 6.59. The van der Waals surface area contributed by atoms with E-state index < -0.39 is 0 Å². The maximum absolute atomic E-state index is 12.2. The van der Waals surface area contributed by atoms with Crippen molar-refractivity contribution in [1.82, 2.24) is 19.8 Å². The molecule has 0 bridgehead atoms. The van der Waals surface area contributed by atoms with Gasteiger partial charge in [-0.15, -0.1) is 12.4 Å². The Labute approximate surface area is 126 Å². The third-order valence-corrected chi connectivity index (χ3v) is 4.10. The van der Waals surface area contributed by atoms with Crippen LogP contribution in [0, 0.1) is 5.92 Å². The van der Waals surface area contributed by atoms with Crippen LogP contribution >= 0.6 is 12.4 Å². The second-order valence-corrected chi connectivity index (χ2v) is 5.84. The van der Waals surface area contributed by atoms with Crippen molar-refractivity contribution in [3.05, 3.63) is 18.2 Å².